The quantitative estimate of drug-likeness (QED) is 0.776. The maximum absolute atomic E-state index is 13.3. The molecular weight excluding hydrogens is 334 g/mol. The molecular formula is C20H25NO3S. The van der Waals surface area contributed by atoms with Crippen LogP contribution < -0.4 is 4.74 Å². The van der Waals surface area contributed by atoms with Crippen LogP contribution in [0.4, 0.5) is 0 Å². The number of benzene rings is 2. The van der Waals surface area contributed by atoms with E-state index in [1.54, 1.807) is 35.7 Å². The van der Waals surface area contributed by atoms with E-state index in [1.807, 2.05) is 30.3 Å². The number of hydrogen-bond acceptors (Lipinski definition) is 3. The van der Waals surface area contributed by atoms with Gasteiger partial charge in [-0.2, -0.15) is 4.31 Å². The van der Waals surface area contributed by atoms with Gasteiger partial charge in [-0.3, -0.25) is 0 Å². The number of ether oxygens (including phenoxy) is 1. The highest BCUT2D eigenvalue weighted by Gasteiger charge is 2.32. The molecule has 134 valence electrons. The second-order valence-corrected chi connectivity index (χ2v) is 8.39. The van der Waals surface area contributed by atoms with Gasteiger partial charge in [0, 0.05) is 12.6 Å². The van der Waals surface area contributed by atoms with Gasteiger partial charge >= 0.3 is 0 Å². The third kappa shape index (κ3) is 4.22. The Hall–Kier alpha value is -1.85. The minimum atomic E-state index is -3.55. The second kappa shape index (κ2) is 8.02. The zero-order valence-corrected chi connectivity index (χ0v) is 15.4. The van der Waals surface area contributed by atoms with Crippen LogP contribution in [0.5, 0.6) is 5.75 Å². The van der Waals surface area contributed by atoms with E-state index in [0.717, 1.165) is 31.2 Å². The standard InChI is InChI=1S/C20H25NO3S/c1-24-19-12-14-20(15-13-19)25(22,23)21(18-10-6-3-7-11-18)16-17-8-4-2-5-9-17/h2,4-5,8-9,12-15,18H,3,6-7,10-11,16H2,1H3. The van der Waals surface area contributed by atoms with Crippen molar-refractivity contribution in [1.29, 1.82) is 0 Å². The lowest BCUT2D eigenvalue weighted by molar-refractivity contribution is 0.247. The van der Waals surface area contributed by atoms with Gasteiger partial charge in [0.15, 0.2) is 0 Å². The van der Waals surface area contributed by atoms with Crippen molar-refractivity contribution in [3.05, 3.63) is 60.2 Å². The van der Waals surface area contributed by atoms with Crippen LogP contribution in [0.25, 0.3) is 0 Å². The van der Waals surface area contributed by atoms with E-state index >= 15 is 0 Å². The summed E-state index contributed by atoms with van der Waals surface area (Å²) in [4.78, 5) is 0.329. The molecule has 0 amide bonds. The van der Waals surface area contributed by atoms with Crippen LogP contribution in [-0.2, 0) is 16.6 Å². The fourth-order valence-corrected chi connectivity index (χ4v) is 5.10. The Morgan fingerprint density at radius 3 is 2.20 bits per heavy atom. The SMILES string of the molecule is COc1ccc(S(=O)(=O)N(Cc2ccccc2)C2CCCCC2)cc1. The van der Waals surface area contributed by atoms with Crippen molar-refractivity contribution in [2.45, 2.75) is 49.6 Å². The van der Waals surface area contributed by atoms with Crippen molar-refractivity contribution in [3.8, 4) is 5.75 Å². The fraction of sp³-hybridized carbons (Fsp3) is 0.400. The van der Waals surface area contributed by atoms with Gasteiger partial charge in [-0.15, -0.1) is 0 Å². The van der Waals surface area contributed by atoms with Gasteiger partial charge in [0.2, 0.25) is 10.0 Å². The molecule has 0 atom stereocenters. The van der Waals surface area contributed by atoms with E-state index < -0.39 is 10.0 Å². The van der Waals surface area contributed by atoms with Gasteiger partial charge in [-0.05, 0) is 42.7 Å². The van der Waals surface area contributed by atoms with Crippen molar-refractivity contribution in [1.82, 2.24) is 4.31 Å². The van der Waals surface area contributed by atoms with Gasteiger partial charge in [0.05, 0.1) is 12.0 Å². The van der Waals surface area contributed by atoms with Crippen LogP contribution in [0, 0.1) is 0 Å². The molecule has 1 saturated carbocycles. The first-order chi connectivity index (χ1) is 12.1. The van der Waals surface area contributed by atoms with Crippen molar-refractivity contribution in [3.63, 3.8) is 0 Å². The molecule has 0 unspecified atom stereocenters. The summed E-state index contributed by atoms with van der Waals surface area (Å²) in [6.07, 6.45) is 5.24. The third-order valence-electron chi connectivity index (χ3n) is 4.83. The first-order valence-electron chi connectivity index (χ1n) is 8.81. The number of rotatable bonds is 6. The molecule has 1 fully saturated rings. The molecule has 0 aromatic heterocycles. The lowest BCUT2D eigenvalue weighted by Crippen LogP contribution is -2.40. The largest absolute Gasteiger partial charge is 0.497 e. The summed E-state index contributed by atoms with van der Waals surface area (Å²) in [6, 6.07) is 16.6. The molecule has 2 aromatic carbocycles. The Balaban J connectivity index is 1.93. The molecule has 1 aliphatic rings. The summed E-state index contributed by atoms with van der Waals surface area (Å²) in [7, 11) is -1.97. The minimum absolute atomic E-state index is 0.0704. The van der Waals surface area contributed by atoms with Gasteiger partial charge in [-0.25, -0.2) is 8.42 Å². The van der Waals surface area contributed by atoms with E-state index in [0.29, 0.717) is 17.2 Å². The average molecular weight is 359 g/mol. The lowest BCUT2D eigenvalue weighted by Gasteiger charge is -2.33. The van der Waals surface area contributed by atoms with Crippen LogP contribution in [-0.4, -0.2) is 25.9 Å². The number of methoxy groups -OCH3 is 1. The van der Waals surface area contributed by atoms with Crippen LogP contribution in [0.1, 0.15) is 37.7 Å². The van der Waals surface area contributed by atoms with E-state index in [1.165, 1.54) is 6.42 Å². The second-order valence-electron chi connectivity index (χ2n) is 6.50. The minimum Gasteiger partial charge on any atom is -0.497 e. The van der Waals surface area contributed by atoms with Crippen molar-refractivity contribution < 1.29 is 13.2 Å². The highest BCUT2D eigenvalue weighted by atomic mass is 32.2. The van der Waals surface area contributed by atoms with Crippen LogP contribution in [0.2, 0.25) is 0 Å². The zero-order chi connectivity index (χ0) is 17.7. The van der Waals surface area contributed by atoms with E-state index in [-0.39, 0.29) is 6.04 Å². The number of nitrogens with zero attached hydrogens (tertiary/aromatic N) is 1. The Bertz CT molecular complexity index is 766. The van der Waals surface area contributed by atoms with Gasteiger partial charge < -0.3 is 4.74 Å². The normalized spacial score (nSPS) is 16.1. The predicted molar refractivity (Wildman–Crippen MR) is 99.0 cm³/mol. The Morgan fingerprint density at radius 1 is 0.960 bits per heavy atom. The molecule has 5 heteroatoms. The Kier molecular flexibility index (Phi) is 5.76. The monoisotopic (exact) mass is 359 g/mol. The van der Waals surface area contributed by atoms with Crippen LogP contribution in [0.3, 0.4) is 0 Å². The smallest absolute Gasteiger partial charge is 0.243 e. The molecule has 0 aliphatic heterocycles. The van der Waals surface area contributed by atoms with E-state index in [2.05, 4.69) is 0 Å². The molecule has 0 bridgehead atoms. The summed E-state index contributed by atoms with van der Waals surface area (Å²) in [5.74, 6) is 0.659. The summed E-state index contributed by atoms with van der Waals surface area (Å²) in [5, 5.41) is 0. The van der Waals surface area contributed by atoms with Crippen molar-refractivity contribution in [2.24, 2.45) is 0 Å². The number of sulfonamides is 1. The van der Waals surface area contributed by atoms with Gasteiger partial charge in [0.1, 0.15) is 5.75 Å². The molecule has 0 N–H and O–H groups in total. The third-order valence-corrected chi connectivity index (χ3v) is 6.74. The molecule has 4 nitrogen and oxygen atoms in total. The van der Waals surface area contributed by atoms with Crippen molar-refractivity contribution in [2.75, 3.05) is 7.11 Å². The Morgan fingerprint density at radius 2 is 1.60 bits per heavy atom. The fourth-order valence-electron chi connectivity index (χ4n) is 3.43. The summed E-state index contributed by atoms with van der Waals surface area (Å²) in [6.45, 7) is 0.417. The van der Waals surface area contributed by atoms with Crippen LogP contribution >= 0.6 is 0 Å². The molecule has 0 spiro atoms. The van der Waals surface area contributed by atoms with Crippen molar-refractivity contribution >= 4 is 10.0 Å². The summed E-state index contributed by atoms with van der Waals surface area (Å²) in [5.41, 5.74) is 1.02. The Labute approximate surface area is 150 Å². The molecule has 2 aromatic rings. The maximum Gasteiger partial charge on any atom is 0.243 e. The highest BCUT2D eigenvalue weighted by Crippen LogP contribution is 2.30. The zero-order valence-electron chi connectivity index (χ0n) is 14.6. The molecule has 1 aliphatic carbocycles. The maximum atomic E-state index is 13.3. The lowest BCUT2D eigenvalue weighted by atomic mass is 9.95. The predicted octanol–water partition coefficient (Wildman–Crippen LogP) is 4.22. The summed E-state index contributed by atoms with van der Waals surface area (Å²) < 4.78 is 33.5. The van der Waals surface area contributed by atoms with Gasteiger partial charge in [-0.1, -0.05) is 49.6 Å². The van der Waals surface area contributed by atoms with Gasteiger partial charge in [0.25, 0.3) is 0 Å². The topological polar surface area (TPSA) is 46.6 Å². The molecule has 25 heavy (non-hydrogen) atoms. The summed E-state index contributed by atoms with van der Waals surface area (Å²) >= 11 is 0. The number of hydrogen-bond donors (Lipinski definition) is 0. The van der Waals surface area contributed by atoms with E-state index in [9.17, 15) is 8.42 Å². The molecule has 0 heterocycles. The van der Waals surface area contributed by atoms with E-state index in [4.69, 9.17) is 4.74 Å². The molecule has 0 radical (unpaired) electrons. The first kappa shape index (κ1) is 18.0. The highest BCUT2D eigenvalue weighted by molar-refractivity contribution is 7.89. The molecule has 0 saturated heterocycles. The average Bonchev–Trinajstić information content (AvgIpc) is 2.67. The first-order valence-corrected chi connectivity index (χ1v) is 10.2. The molecule has 3 rings (SSSR count). The van der Waals surface area contributed by atoms with Crippen LogP contribution in [0.15, 0.2) is 59.5 Å².